The Morgan fingerprint density at radius 3 is 2.12 bits per heavy atom. The zero-order valence-corrected chi connectivity index (χ0v) is 14.9. The van der Waals surface area contributed by atoms with Gasteiger partial charge in [0.25, 0.3) is 0 Å². The molecule has 0 radical (unpaired) electrons. The summed E-state index contributed by atoms with van der Waals surface area (Å²) >= 11 is 5.59. The summed E-state index contributed by atoms with van der Waals surface area (Å²) < 4.78 is 13.0. The summed E-state index contributed by atoms with van der Waals surface area (Å²) in [5, 5.41) is 4.17. The molecule has 1 fully saturated rings. The fraction of sp³-hybridized carbons (Fsp3) is 0.316. The number of hydrogen-bond donors (Lipinski definition) is 1. The minimum Gasteiger partial charge on any atom is -0.368 e. The molecule has 0 atom stereocenters. The first-order valence-electron chi connectivity index (χ1n) is 8.17. The Kier molecular flexibility index (Phi) is 5.00. The highest BCUT2D eigenvalue weighted by Crippen LogP contribution is 2.21. The lowest BCUT2D eigenvalue weighted by Gasteiger charge is -2.37. The third kappa shape index (κ3) is 3.67. The Hall–Kier alpha value is -2.14. The molecular formula is C19H22FN3S. The molecule has 24 heavy (non-hydrogen) atoms. The van der Waals surface area contributed by atoms with Crippen molar-refractivity contribution in [2.24, 2.45) is 0 Å². The van der Waals surface area contributed by atoms with E-state index in [0.717, 1.165) is 42.7 Å². The van der Waals surface area contributed by atoms with Crippen LogP contribution in [-0.4, -0.2) is 36.2 Å². The highest BCUT2D eigenvalue weighted by atomic mass is 32.1. The van der Waals surface area contributed by atoms with E-state index in [-0.39, 0.29) is 5.82 Å². The van der Waals surface area contributed by atoms with E-state index in [1.807, 2.05) is 12.1 Å². The minimum atomic E-state index is -0.198. The minimum absolute atomic E-state index is 0.198. The topological polar surface area (TPSA) is 18.5 Å². The summed E-state index contributed by atoms with van der Waals surface area (Å²) in [5.41, 5.74) is 4.55. The van der Waals surface area contributed by atoms with Gasteiger partial charge in [0.05, 0.1) is 0 Å². The maximum absolute atomic E-state index is 13.0. The number of anilines is 2. The summed E-state index contributed by atoms with van der Waals surface area (Å²) in [6.45, 7) is 7.64. The van der Waals surface area contributed by atoms with Crippen LogP contribution in [0.5, 0.6) is 0 Å². The van der Waals surface area contributed by atoms with E-state index in [2.05, 4.69) is 47.2 Å². The molecule has 0 saturated carbocycles. The molecule has 1 saturated heterocycles. The third-order valence-electron chi connectivity index (χ3n) is 4.47. The molecule has 3 rings (SSSR count). The SMILES string of the molecule is Cc1cccc(C)c1NC(=S)N1CCN(c2ccc(F)cc2)CC1. The molecule has 3 nitrogen and oxygen atoms in total. The van der Waals surface area contributed by atoms with E-state index < -0.39 is 0 Å². The fourth-order valence-corrected chi connectivity index (χ4v) is 3.30. The lowest BCUT2D eigenvalue weighted by molar-refractivity contribution is 0.391. The number of rotatable bonds is 2. The van der Waals surface area contributed by atoms with Gasteiger partial charge >= 0.3 is 0 Å². The number of benzene rings is 2. The summed E-state index contributed by atoms with van der Waals surface area (Å²) in [4.78, 5) is 4.46. The van der Waals surface area contributed by atoms with Crippen LogP contribution in [0.2, 0.25) is 0 Å². The van der Waals surface area contributed by atoms with Gasteiger partial charge in [-0.2, -0.15) is 0 Å². The summed E-state index contributed by atoms with van der Waals surface area (Å²) in [6, 6.07) is 12.9. The van der Waals surface area contributed by atoms with Crippen LogP contribution >= 0.6 is 12.2 Å². The molecule has 1 aliphatic heterocycles. The Bertz CT molecular complexity index is 702. The highest BCUT2D eigenvalue weighted by Gasteiger charge is 2.19. The van der Waals surface area contributed by atoms with Crippen LogP contribution in [0.3, 0.4) is 0 Å². The van der Waals surface area contributed by atoms with Gasteiger partial charge in [0, 0.05) is 37.6 Å². The van der Waals surface area contributed by atoms with Crippen LogP contribution < -0.4 is 10.2 Å². The van der Waals surface area contributed by atoms with Crippen molar-refractivity contribution in [2.45, 2.75) is 13.8 Å². The van der Waals surface area contributed by atoms with Gasteiger partial charge in [-0.15, -0.1) is 0 Å². The van der Waals surface area contributed by atoms with Crippen LogP contribution in [0.1, 0.15) is 11.1 Å². The molecule has 0 aromatic heterocycles. The Morgan fingerprint density at radius 1 is 0.958 bits per heavy atom. The summed E-state index contributed by atoms with van der Waals surface area (Å²) in [6.07, 6.45) is 0. The molecule has 2 aromatic carbocycles. The van der Waals surface area contributed by atoms with Crippen LogP contribution in [0.4, 0.5) is 15.8 Å². The zero-order valence-electron chi connectivity index (χ0n) is 14.1. The van der Waals surface area contributed by atoms with E-state index in [1.54, 1.807) is 0 Å². The van der Waals surface area contributed by atoms with Gasteiger partial charge in [0.1, 0.15) is 5.82 Å². The Labute approximate surface area is 148 Å². The molecule has 1 heterocycles. The Balaban J connectivity index is 1.60. The molecular weight excluding hydrogens is 321 g/mol. The average molecular weight is 343 g/mol. The lowest BCUT2D eigenvalue weighted by atomic mass is 10.1. The molecule has 0 bridgehead atoms. The van der Waals surface area contributed by atoms with Crippen molar-refractivity contribution in [1.82, 2.24) is 4.90 Å². The number of hydrogen-bond acceptors (Lipinski definition) is 2. The van der Waals surface area contributed by atoms with Gasteiger partial charge in [0.2, 0.25) is 0 Å². The van der Waals surface area contributed by atoms with E-state index in [4.69, 9.17) is 12.2 Å². The van der Waals surface area contributed by atoms with Crippen molar-refractivity contribution < 1.29 is 4.39 Å². The first-order valence-corrected chi connectivity index (χ1v) is 8.58. The van der Waals surface area contributed by atoms with Crippen LogP contribution in [-0.2, 0) is 0 Å². The number of piperazine rings is 1. The van der Waals surface area contributed by atoms with Gasteiger partial charge in [-0.1, -0.05) is 18.2 Å². The second-order valence-electron chi connectivity index (χ2n) is 6.15. The first-order chi connectivity index (χ1) is 11.5. The summed E-state index contributed by atoms with van der Waals surface area (Å²) in [5.74, 6) is -0.198. The molecule has 0 unspecified atom stereocenters. The first kappa shape index (κ1) is 16.7. The molecule has 5 heteroatoms. The van der Waals surface area contributed by atoms with Gasteiger partial charge in [0.15, 0.2) is 5.11 Å². The molecule has 0 amide bonds. The molecule has 1 aliphatic rings. The maximum atomic E-state index is 13.0. The average Bonchev–Trinajstić information content (AvgIpc) is 2.59. The second kappa shape index (κ2) is 7.18. The van der Waals surface area contributed by atoms with Crippen molar-refractivity contribution in [2.75, 3.05) is 36.4 Å². The fourth-order valence-electron chi connectivity index (χ4n) is 3.02. The van der Waals surface area contributed by atoms with Crippen LogP contribution in [0, 0.1) is 19.7 Å². The van der Waals surface area contributed by atoms with Crippen molar-refractivity contribution in [3.8, 4) is 0 Å². The number of nitrogens with one attached hydrogen (secondary N) is 1. The van der Waals surface area contributed by atoms with Crippen molar-refractivity contribution in [1.29, 1.82) is 0 Å². The molecule has 2 aromatic rings. The van der Waals surface area contributed by atoms with Gasteiger partial charge in [-0.05, 0) is 61.5 Å². The number of para-hydroxylation sites is 1. The molecule has 0 spiro atoms. The monoisotopic (exact) mass is 343 g/mol. The predicted octanol–water partition coefficient (Wildman–Crippen LogP) is 3.96. The third-order valence-corrected chi connectivity index (χ3v) is 4.83. The van der Waals surface area contributed by atoms with E-state index in [0.29, 0.717) is 0 Å². The lowest BCUT2D eigenvalue weighted by Crippen LogP contribution is -2.50. The van der Waals surface area contributed by atoms with Crippen molar-refractivity contribution in [3.63, 3.8) is 0 Å². The quantitative estimate of drug-likeness (QED) is 0.832. The van der Waals surface area contributed by atoms with Crippen molar-refractivity contribution >= 4 is 28.7 Å². The van der Waals surface area contributed by atoms with Gasteiger partial charge < -0.3 is 15.1 Å². The number of thiocarbonyl (C=S) groups is 1. The highest BCUT2D eigenvalue weighted by molar-refractivity contribution is 7.80. The Morgan fingerprint density at radius 2 is 1.54 bits per heavy atom. The molecule has 1 N–H and O–H groups in total. The summed E-state index contributed by atoms with van der Waals surface area (Å²) in [7, 11) is 0. The number of aryl methyl sites for hydroxylation is 2. The van der Waals surface area contributed by atoms with Crippen LogP contribution in [0.15, 0.2) is 42.5 Å². The number of nitrogens with zero attached hydrogens (tertiary/aromatic N) is 2. The van der Waals surface area contributed by atoms with Crippen molar-refractivity contribution in [3.05, 3.63) is 59.4 Å². The molecule has 0 aliphatic carbocycles. The largest absolute Gasteiger partial charge is 0.368 e. The van der Waals surface area contributed by atoms with E-state index in [9.17, 15) is 4.39 Å². The predicted molar refractivity (Wildman–Crippen MR) is 102 cm³/mol. The standard InChI is InChI=1S/C19H22FN3S/c1-14-4-3-5-15(2)18(14)21-19(24)23-12-10-22(11-13-23)17-8-6-16(20)7-9-17/h3-9H,10-13H2,1-2H3,(H,21,24). The van der Waals surface area contributed by atoms with E-state index >= 15 is 0 Å². The van der Waals surface area contributed by atoms with Gasteiger partial charge in [-0.25, -0.2) is 4.39 Å². The van der Waals surface area contributed by atoms with Gasteiger partial charge in [-0.3, -0.25) is 0 Å². The molecule has 126 valence electrons. The number of halogens is 1. The normalized spacial score (nSPS) is 14.6. The smallest absolute Gasteiger partial charge is 0.173 e. The second-order valence-corrected chi connectivity index (χ2v) is 6.53. The van der Waals surface area contributed by atoms with Crippen LogP contribution in [0.25, 0.3) is 0 Å². The van der Waals surface area contributed by atoms with E-state index in [1.165, 1.54) is 23.3 Å². The zero-order chi connectivity index (χ0) is 17.1. The maximum Gasteiger partial charge on any atom is 0.173 e.